The number of amides is 6. The van der Waals surface area contributed by atoms with Crippen LogP contribution in [0, 0.1) is 0 Å². The minimum absolute atomic E-state index is 0.0348. The molecule has 4 rings (SSSR count). The number of likely N-dealkylation sites (tertiary alicyclic amines) is 1. The van der Waals surface area contributed by atoms with Gasteiger partial charge in [0.15, 0.2) is 0 Å². The molecule has 2 aliphatic heterocycles. The second kappa shape index (κ2) is 23.1. The number of hydrogen-bond donors (Lipinski definition) is 3. The zero-order valence-electron chi connectivity index (χ0n) is 27.9. The molecular weight excluding hydrogens is 625 g/mol. The molecule has 0 bridgehead atoms. The van der Waals surface area contributed by atoms with Gasteiger partial charge in [0.1, 0.15) is 0 Å². The largest absolute Gasteiger partial charge is 0.353 e. The number of nitrogens with one attached hydrogen (secondary N) is 2. The van der Waals surface area contributed by atoms with Crippen LogP contribution in [0.2, 0.25) is 0 Å². The molecule has 3 fully saturated rings. The number of carbonyl (C=O) groups excluding carboxylic acids is 6. The fraction of sp³-hybridized carbons (Fsp3) is 0.765. The van der Waals surface area contributed by atoms with Crippen molar-refractivity contribution in [1.29, 1.82) is 0 Å². The Kier molecular flexibility index (Phi) is 20.0. The van der Waals surface area contributed by atoms with Crippen LogP contribution >= 0.6 is 24.4 Å². The van der Waals surface area contributed by atoms with Gasteiger partial charge < -0.3 is 10.6 Å². The van der Waals surface area contributed by atoms with Crippen LogP contribution in [-0.4, -0.2) is 88.2 Å². The predicted molar refractivity (Wildman–Crippen MR) is 186 cm³/mol. The average Bonchev–Trinajstić information content (AvgIpc) is 3.48. The first-order chi connectivity index (χ1) is 22.3. The Morgan fingerprint density at radius 1 is 0.696 bits per heavy atom. The second-order valence-corrected chi connectivity index (χ2v) is 13.4. The summed E-state index contributed by atoms with van der Waals surface area (Å²) in [6.07, 6.45) is 25.0. The summed E-state index contributed by atoms with van der Waals surface area (Å²) in [5.41, 5.74) is 0. The molecule has 2 heterocycles. The van der Waals surface area contributed by atoms with Gasteiger partial charge >= 0.3 is 0 Å². The van der Waals surface area contributed by atoms with Crippen LogP contribution < -0.4 is 10.6 Å². The fourth-order valence-corrected chi connectivity index (χ4v) is 6.96. The Balaban J connectivity index is 0.000000305. The zero-order valence-corrected chi connectivity index (χ0v) is 29.6. The molecule has 1 saturated heterocycles. The van der Waals surface area contributed by atoms with E-state index in [9.17, 15) is 28.8 Å². The SMILES string of the molecule is CS.CSC1CC(=O)N(CCCC(=O)NC2CCCCCCC2)C1=O.O=C(CCCN1C(=O)C=CC1=O)NC1CCCCCCC1. The van der Waals surface area contributed by atoms with Gasteiger partial charge in [-0.1, -0.05) is 64.2 Å². The van der Waals surface area contributed by atoms with Crippen LogP contribution in [0.4, 0.5) is 0 Å². The lowest BCUT2D eigenvalue weighted by Gasteiger charge is -2.21. The summed E-state index contributed by atoms with van der Waals surface area (Å²) in [5, 5.41) is 5.98. The number of thioether (sulfide) groups is 1. The minimum atomic E-state index is -0.277. The smallest absolute Gasteiger partial charge is 0.253 e. The minimum Gasteiger partial charge on any atom is -0.353 e. The fourth-order valence-electron chi connectivity index (χ4n) is 6.32. The Hall–Kier alpha value is -2.34. The van der Waals surface area contributed by atoms with E-state index in [-0.39, 0.29) is 40.7 Å². The van der Waals surface area contributed by atoms with Gasteiger partial charge in [-0.3, -0.25) is 38.6 Å². The Morgan fingerprint density at radius 2 is 1.09 bits per heavy atom. The molecule has 12 heteroatoms. The highest BCUT2D eigenvalue weighted by Crippen LogP contribution is 2.23. The van der Waals surface area contributed by atoms with Crippen LogP contribution in [0.15, 0.2) is 12.2 Å². The number of carbonyl (C=O) groups is 6. The zero-order chi connectivity index (χ0) is 33.7. The first kappa shape index (κ1) is 39.8. The van der Waals surface area contributed by atoms with Crippen LogP contribution in [-0.2, 0) is 28.8 Å². The normalized spacial score (nSPS) is 21.3. The summed E-state index contributed by atoms with van der Waals surface area (Å²) < 4.78 is 0. The Labute approximate surface area is 285 Å². The van der Waals surface area contributed by atoms with Gasteiger partial charge in [0.2, 0.25) is 23.6 Å². The van der Waals surface area contributed by atoms with E-state index in [0.717, 1.165) is 25.7 Å². The number of hydrogen-bond acceptors (Lipinski definition) is 8. The van der Waals surface area contributed by atoms with Crippen molar-refractivity contribution in [3.8, 4) is 0 Å². The van der Waals surface area contributed by atoms with Crippen molar-refractivity contribution < 1.29 is 28.8 Å². The summed E-state index contributed by atoms with van der Waals surface area (Å²) >= 11 is 4.95. The van der Waals surface area contributed by atoms with E-state index >= 15 is 0 Å². The summed E-state index contributed by atoms with van der Waals surface area (Å²) in [6, 6.07) is 0.605. The number of rotatable bonds is 11. The highest BCUT2D eigenvalue weighted by molar-refractivity contribution is 8.00. The predicted octanol–water partition coefficient (Wildman–Crippen LogP) is 4.95. The topological polar surface area (TPSA) is 133 Å². The molecule has 0 aromatic carbocycles. The van der Waals surface area contributed by atoms with E-state index in [4.69, 9.17) is 0 Å². The maximum absolute atomic E-state index is 12.1. The molecule has 2 saturated carbocycles. The van der Waals surface area contributed by atoms with Crippen molar-refractivity contribution in [2.45, 2.75) is 139 Å². The molecule has 0 aromatic heterocycles. The molecule has 46 heavy (non-hydrogen) atoms. The molecule has 0 aromatic rings. The molecule has 1 atom stereocenters. The molecular formula is C34H56N4O6S2. The average molecular weight is 681 g/mol. The van der Waals surface area contributed by atoms with Crippen molar-refractivity contribution in [1.82, 2.24) is 20.4 Å². The van der Waals surface area contributed by atoms with Gasteiger partial charge in [-0.15, -0.1) is 0 Å². The lowest BCUT2D eigenvalue weighted by Crippen LogP contribution is -2.36. The van der Waals surface area contributed by atoms with Crippen molar-refractivity contribution in [3.05, 3.63) is 12.2 Å². The number of imide groups is 2. The molecule has 2 aliphatic carbocycles. The van der Waals surface area contributed by atoms with Crippen LogP contribution in [0.5, 0.6) is 0 Å². The van der Waals surface area contributed by atoms with Crippen molar-refractivity contribution in [3.63, 3.8) is 0 Å². The first-order valence-corrected chi connectivity index (χ1v) is 19.4. The van der Waals surface area contributed by atoms with Crippen molar-refractivity contribution in [2.24, 2.45) is 0 Å². The van der Waals surface area contributed by atoms with Crippen LogP contribution in [0.25, 0.3) is 0 Å². The van der Waals surface area contributed by atoms with E-state index in [2.05, 4.69) is 23.3 Å². The molecule has 260 valence electrons. The lowest BCUT2D eigenvalue weighted by molar-refractivity contribution is -0.139. The highest BCUT2D eigenvalue weighted by atomic mass is 32.2. The standard InChI is InChI=1S/C17H28N2O3S.C16H24N2O3.CH4S/c1-23-14-12-16(21)19(17(14)22)11-7-10-15(20)18-13-8-5-3-2-4-6-9-13;19-14(17-13-7-4-2-1-3-5-8-13)9-6-12-18-15(20)10-11-16(18)21;1-2/h13-14H,2-12H2,1H3,(H,18,20);10-11,13H,1-9,12H2,(H,17,19);2H,1H3. The first-order valence-electron chi connectivity index (χ1n) is 17.2. The molecule has 4 aliphatic rings. The molecule has 10 nitrogen and oxygen atoms in total. The van der Waals surface area contributed by atoms with Gasteiger partial charge in [0.25, 0.3) is 11.8 Å². The highest BCUT2D eigenvalue weighted by Gasteiger charge is 2.37. The van der Waals surface area contributed by atoms with E-state index in [1.54, 1.807) is 6.26 Å². The second-order valence-electron chi connectivity index (χ2n) is 12.4. The molecule has 6 amide bonds. The van der Waals surface area contributed by atoms with E-state index in [0.29, 0.717) is 57.3 Å². The quantitative estimate of drug-likeness (QED) is 0.208. The maximum atomic E-state index is 12.1. The number of thiol groups is 1. The molecule has 2 N–H and O–H groups in total. The third-order valence-corrected chi connectivity index (χ3v) is 9.84. The maximum Gasteiger partial charge on any atom is 0.253 e. The van der Waals surface area contributed by atoms with Gasteiger partial charge in [0.05, 0.1) is 5.25 Å². The third-order valence-electron chi connectivity index (χ3n) is 8.90. The van der Waals surface area contributed by atoms with Gasteiger partial charge in [-0.05, 0) is 51.0 Å². The van der Waals surface area contributed by atoms with Crippen molar-refractivity contribution in [2.75, 3.05) is 25.6 Å². The monoisotopic (exact) mass is 680 g/mol. The van der Waals surface area contributed by atoms with Crippen LogP contribution in [0.1, 0.15) is 122 Å². The summed E-state index contributed by atoms with van der Waals surface area (Å²) in [7, 11) is 0. The van der Waals surface area contributed by atoms with E-state index < -0.39 is 0 Å². The lowest BCUT2D eigenvalue weighted by atomic mass is 9.96. The molecule has 0 radical (unpaired) electrons. The van der Waals surface area contributed by atoms with Gasteiger partial charge in [-0.2, -0.15) is 24.4 Å². The number of nitrogens with zero attached hydrogens (tertiary/aromatic N) is 2. The Bertz CT molecular complexity index is 1010. The molecule has 0 spiro atoms. The van der Waals surface area contributed by atoms with Crippen molar-refractivity contribution >= 4 is 59.8 Å². The van der Waals surface area contributed by atoms with Crippen LogP contribution in [0.3, 0.4) is 0 Å². The van der Waals surface area contributed by atoms with Gasteiger partial charge in [0, 0.05) is 56.6 Å². The third kappa shape index (κ3) is 14.6. The van der Waals surface area contributed by atoms with E-state index in [1.165, 1.54) is 97.9 Å². The molecule has 1 unspecified atom stereocenters. The summed E-state index contributed by atoms with van der Waals surface area (Å²) in [6.45, 7) is 0.690. The summed E-state index contributed by atoms with van der Waals surface area (Å²) in [5.74, 6) is -0.665. The Morgan fingerprint density at radius 3 is 1.48 bits per heavy atom. The summed E-state index contributed by atoms with van der Waals surface area (Å²) in [4.78, 5) is 73.0. The van der Waals surface area contributed by atoms with E-state index in [1.807, 2.05) is 6.26 Å². The van der Waals surface area contributed by atoms with Gasteiger partial charge in [-0.25, -0.2) is 0 Å².